The van der Waals surface area contributed by atoms with Crippen LogP contribution in [0.5, 0.6) is 0 Å². The Hall–Kier alpha value is -1.16. The highest BCUT2D eigenvalue weighted by atomic mass is 15.3. The van der Waals surface area contributed by atoms with Gasteiger partial charge >= 0.3 is 0 Å². The minimum Gasteiger partial charge on any atom is -0.304 e. The fraction of sp³-hybridized carbons (Fsp3) is 0.814. The van der Waals surface area contributed by atoms with Gasteiger partial charge in [0.15, 0.2) is 0 Å². The third-order valence-electron chi connectivity index (χ3n) is 9.68. The minimum atomic E-state index is 1.12. The van der Waals surface area contributed by atoms with Gasteiger partial charge in [-0.3, -0.25) is 4.90 Å². The molecule has 1 aliphatic rings. The zero-order valence-electron chi connectivity index (χ0n) is 31.6. The molecule has 0 amide bonds. The Bertz CT molecular complexity index is 668. The summed E-state index contributed by atoms with van der Waals surface area (Å²) < 4.78 is 0. The van der Waals surface area contributed by atoms with Gasteiger partial charge in [-0.15, -0.1) is 0 Å². The van der Waals surface area contributed by atoms with Crippen molar-refractivity contribution in [2.24, 2.45) is 0 Å². The lowest BCUT2D eigenvalue weighted by Gasteiger charge is -2.34. The molecule has 0 aromatic heterocycles. The second-order valence-electron chi connectivity index (χ2n) is 14.2. The third-order valence-corrected chi connectivity index (χ3v) is 9.68. The molecule has 1 aliphatic heterocycles. The van der Waals surface area contributed by atoms with E-state index in [2.05, 4.69) is 84.2 Å². The number of likely N-dealkylation sites (N-methyl/N-ethyl adjacent to an activating group) is 1. The molecule has 0 N–H and O–H groups in total. The molecule has 46 heavy (non-hydrogen) atoms. The van der Waals surface area contributed by atoms with E-state index in [1.165, 1.54) is 194 Å². The van der Waals surface area contributed by atoms with Crippen LogP contribution in [0.3, 0.4) is 0 Å². The van der Waals surface area contributed by atoms with Gasteiger partial charge in [-0.05, 0) is 97.2 Å². The molecule has 3 heteroatoms. The standard InChI is InChI=1S/C43H81N3/c1-4-6-8-10-12-14-16-18-20-22-24-26-28-30-32-34-36-45(42-43-46-40-38-44(3)39-41-46)37-35-33-31-29-27-25-23-21-19-17-15-13-11-9-7-5-2/h12-15,18-21H,4-11,16-17,22-43H2,1-3H3/b14-12-,15-13-,20-18-,21-19-. The van der Waals surface area contributed by atoms with E-state index in [0.717, 1.165) is 12.8 Å². The summed E-state index contributed by atoms with van der Waals surface area (Å²) in [5.74, 6) is 0. The molecule has 0 radical (unpaired) electrons. The Balaban J connectivity index is 2.10. The van der Waals surface area contributed by atoms with Crippen molar-refractivity contribution in [3.63, 3.8) is 0 Å². The molecule has 0 unspecified atom stereocenters. The lowest BCUT2D eigenvalue weighted by atomic mass is 10.1. The molecule has 3 nitrogen and oxygen atoms in total. The maximum Gasteiger partial charge on any atom is 0.0110 e. The summed E-state index contributed by atoms with van der Waals surface area (Å²) in [7, 11) is 2.26. The topological polar surface area (TPSA) is 9.72 Å². The molecule has 0 saturated carbocycles. The number of allylic oxidation sites excluding steroid dienone is 8. The van der Waals surface area contributed by atoms with E-state index in [0.29, 0.717) is 0 Å². The first-order chi connectivity index (χ1) is 22.8. The molecular weight excluding hydrogens is 558 g/mol. The Morgan fingerprint density at radius 1 is 0.413 bits per heavy atom. The predicted octanol–water partition coefficient (Wildman–Crippen LogP) is 12.2. The molecule has 0 atom stereocenters. The van der Waals surface area contributed by atoms with E-state index in [1.807, 2.05) is 0 Å². The fourth-order valence-electron chi connectivity index (χ4n) is 6.34. The van der Waals surface area contributed by atoms with Crippen molar-refractivity contribution in [2.45, 2.75) is 168 Å². The zero-order chi connectivity index (χ0) is 33.0. The number of unbranched alkanes of at least 4 members (excludes halogenated alkanes) is 18. The monoisotopic (exact) mass is 640 g/mol. The van der Waals surface area contributed by atoms with E-state index in [9.17, 15) is 0 Å². The van der Waals surface area contributed by atoms with Gasteiger partial charge in [0.05, 0.1) is 0 Å². The number of rotatable bonds is 33. The molecule has 0 spiro atoms. The van der Waals surface area contributed by atoms with Gasteiger partial charge in [-0.1, -0.05) is 140 Å². The molecule has 1 fully saturated rings. The van der Waals surface area contributed by atoms with Crippen molar-refractivity contribution in [3.05, 3.63) is 48.6 Å². The van der Waals surface area contributed by atoms with Crippen LogP contribution in [0.4, 0.5) is 0 Å². The molecule has 1 heterocycles. The number of nitrogens with zero attached hydrogens (tertiary/aromatic N) is 3. The minimum absolute atomic E-state index is 1.12. The van der Waals surface area contributed by atoms with Crippen LogP contribution < -0.4 is 0 Å². The SMILES string of the molecule is CCCCC/C=C\C/C=C\CCCCCCCCN(CCCCCCCC/C=C\C/C=C\CCCCC)CCN1CCN(C)CC1. The molecule has 1 saturated heterocycles. The van der Waals surface area contributed by atoms with Crippen molar-refractivity contribution >= 4 is 0 Å². The van der Waals surface area contributed by atoms with Crippen LogP contribution in [0.25, 0.3) is 0 Å². The normalized spacial score (nSPS) is 15.3. The van der Waals surface area contributed by atoms with Crippen LogP contribution in [-0.4, -0.2) is 74.1 Å². The highest BCUT2D eigenvalue weighted by Gasteiger charge is 2.14. The van der Waals surface area contributed by atoms with E-state index >= 15 is 0 Å². The van der Waals surface area contributed by atoms with Gasteiger partial charge in [-0.2, -0.15) is 0 Å². The lowest BCUT2D eigenvalue weighted by Crippen LogP contribution is -2.47. The van der Waals surface area contributed by atoms with Crippen LogP contribution in [0.15, 0.2) is 48.6 Å². The highest BCUT2D eigenvalue weighted by Crippen LogP contribution is 2.12. The average Bonchev–Trinajstić information content (AvgIpc) is 3.07. The number of piperazine rings is 1. The van der Waals surface area contributed by atoms with Gasteiger partial charge in [0.25, 0.3) is 0 Å². The quantitative estimate of drug-likeness (QED) is 0.0522. The predicted molar refractivity (Wildman–Crippen MR) is 209 cm³/mol. The summed E-state index contributed by atoms with van der Waals surface area (Å²) in [5, 5.41) is 0. The van der Waals surface area contributed by atoms with Crippen LogP contribution in [0.2, 0.25) is 0 Å². The summed E-state index contributed by atoms with van der Waals surface area (Å²) in [6, 6.07) is 0. The zero-order valence-corrected chi connectivity index (χ0v) is 31.6. The van der Waals surface area contributed by atoms with Crippen LogP contribution >= 0.6 is 0 Å². The summed E-state index contributed by atoms with van der Waals surface area (Å²) >= 11 is 0. The Labute approximate surface area is 290 Å². The van der Waals surface area contributed by atoms with Gasteiger partial charge < -0.3 is 9.80 Å². The summed E-state index contributed by atoms with van der Waals surface area (Å²) in [6.45, 7) is 14.7. The Morgan fingerprint density at radius 2 is 0.783 bits per heavy atom. The first kappa shape index (κ1) is 42.9. The largest absolute Gasteiger partial charge is 0.304 e. The number of hydrogen-bond donors (Lipinski definition) is 0. The molecule has 0 aromatic rings. The molecule has 0 aliphatic carbocycles. The highest BCUT2D eigenvalue weighted by molar-refractivity contribution is 4.93. The van der Waals surface area contributed by atoms with Crippen molar-refractivity contribution in [1.82, 2.24) is 14.7 Å². The Morgan fingerprint density at radius 3 is 1.20 bits per heavy atom. The van der Waals surface area contributed by atoms with E-state index in [-0.39, 0.29) is 0 Å². The van der Waals surface area contributed by atoms with E-state index in [1.54, 1.807) is 0 Å². The summed E-state index contributed by atoms with van der Waals surface area (Å²) in [6.07, 6.45) is 51.1. The molecule has 268 valence electrons. The molecule has 1 rings (SSSR count). The van der Waals surface area contributed by atoms with Crippen molar-refractivity contribution in [1.29, 1.82) is 0 Å². The van der Waals surface area contributed by atoms with Crippen LogP contribution in [0.1, 0.15) is 168 Å². The van der Waals surface area contributed by atoms with Gasteiger partial charge in [0.1, 0.15) is 0 Å². The first-order valence-corrected chi connectivity index (χ1v) is 20.5. The van der Waals surface area contributed by atoms with Crippen molar-refractivity contribution in [3.8, 4) is 0 Å². The second kappa shape index (κ2) is 35.2. The van der Waals surface area contributed by atoms with Crippen LogP contribution in [0, 0.1) is 0 Å². The first-order valence-electron chi connectivity index (χ1n) is 20.5. The van der Waals surface area contributed by atoms with E-state index in [4.69, 9.17) is 0 Å². The van der Waals surface area contributed by atoms with Crippen molar-refractivity contribution < 1.29 is 0 Å². The number of hydrogen-bond acceptors (Lipinski definition) is 3. The molecular formula is C43H81N3. The van der Waals surface area contributed by atoms with Crippen LogP contribution in [-0.2, 0) is 0 Å². The summed E-state index contributed by atoms with van der Waals surface area (Å²) in [5.41, 5.74) is 0. The summed E-state index contributed by atoms with van der Waals surface area (Å²) in [4.78, 5) is 7.98. The molecule has 0 bridgehead atoms. The maximum absolute atomic E-state index is 2.81. The van der Waals surface area contributed by atoms with Gasteiger partial charge in [0, 0.05) is 39.3 Å². The third kappa shape index (κ3) is 30.2. The smallest absolute Gasteiger partial charge is 0.0110 e. The molecule has 0 aromatic carbocycles. The van der Waals surface area contributed by atoms with E-state index < -0.39 is 0 Å². The van der Waals surface area contributed by atoms with Gasteiger partial charge in [0.2, 0.25) is 0 Å². The lowest BCUT2D eigenvalue weighted by molar-refractivity contribution is 0.133. The van der Waals surface area contributed by atoms with Gasteiger partial charge in [-0.25, -0.2) is 0 Å². The van der Waals surface area contributed by atoms with Crippen molar-refractivity contribution in [2.75, 3.05) is 59.4 Å². The average molecular weight is 640 g/mol. The fourth-order valence-corrected chi connectivity index (χ4v) is 6.34. The Kier molecular flexibility index (Phi) is 32.8. The maximum atomic E-state index is 2.81. The second-order valence-corrected chi connectivity index (χ2v) is 14.2.